The number of piperazine rings is 1. The fraction of sp³-hybridized carbons (Fsp3) is 0.368. The van der Waals surface area contributed by atoms with Crippen molar-refractivity contribution >= 4 is 11.8 Å². The number of amides is 2. The van der Waals surface area contributed by atoms with Crippen LogP contribution in [-0.4, -0.2) is 59.9 Å². The molecule has 0 spiro atoms. The summed E-state index contributed by atoms with van der Waals surface area (Å²) in [5.41, 5.74) is 2.66. The first-order valence-electron chi connectivity index (χ1n) is 8.42. The fourth-order valence-electron chi connectivity index (χ4n) is 3.14. The molecular weight excluding hydrogens is 318 g/mol. The second kappa shape index (κ2) is 7.42. The van der Waals surface area contributed by atoms with Crippen molar-refractivity contribution in [1.29, 1.82) is 0 Å². The maximum atomic E-state index is 12.5. The van der Waals surface area contributed by atoms with Crippen LogP contribution < -0.4 is 4.74 Å². The summed E-state index contributed by atoms with van der Waals surface area (Å²) in [5, 5.41) is 0. The lowest BCUT2D eigenvalue weighted by Crippen LogP contribution is -2.50. The molecule has 2 aromatic rings. The first kappa shape index (κ1) is 17.1. The van der Waals surface area contributed by atoms with Crippen molar-refractivity contribution in [2.75, 3.05) is 33.3 Å². The summed E-state index contributed by atoms with van der Waals surface area (Å²) >= 11 is 0. The zero-order valence-electron chi connectivity index (χ0n) is 14.6. The molecule has 6 heteroatoms. The molecule has 2 amide bonds. The summed E-state index contributed by atoms with van der Waals surface area (Å²) in [7, 11) is 1.64. The van der Waals surface area contributed by atoms with Gasteiger partial charge in [0.15, 0.2) is 0 Å². The number of carbonyl (C=O) groups is 2. The Labute approximate surface area is 147 Å². The largest absolute Gasteiger partial charge is 0.496 e. The lowest BCUT2D eigenvalue weighted by molar-refractivity contribution is -0.131. The standard InChI is InChI=1S/C19H23N3O3/c1-14-11-15(3-4-17(14)25-2)12-18(23)21-7-9-22(10-8-21)19(24)16-5-6-20-13-16/h3-6,11,13,20H,7-10,12H2,1-2H3. The SMILES string of the molecule is COc1ccc(CC(=O)N2CCN(C(=O)c3cc[nH]c3)CC2)cc1C. The number of nitrogens with zero attached hydrogens (tertiary/aromatic N) is 2. The second-order valence-electron chi connectivity index (χ2n) is 6.25. The number of rotatable bonds is 4. The Hall–Kier alpha value is -2.76. The summed E-state index contributed by atoms with van der Waals surface area (Å²) in [5.74, 6) is 0.936. The molecule has 1 aliphatic heterocycles. The highest BCUT2D eigenvalue weighted by Crippen LogP contribution is 2.19. The summed E-state index contributed by atoms with van der Waals surface area (Å²) in [6.07, 6.45) is 3.81. The van der Waals surface area contributed by atoms with E-state index >= 15 is 0 Å². The van der Waals surface area contributed by atoms with Crippen molar-refractivity contribution in [3.8, 4) is 5.75 Å². The van der Waals surface area contributed by atoms with E-state index in [1.165, 1.54) is 0 Å². The minimum Gasteiger partial charge on any atom is -0.496 e. The number of ether oxygens (including phenoxy) is 1. The normalized spacial score (nSPS) is 14.5. The van der Waals surface area contributed by atoms with Crippen LogP contribution in [-0.2, 0) is 11.2 Å². The van der Waals surface area contributed by atoms with Crippen molar-refractivity contribution in [1.82, 2.24) is 14.8 Å². The van der Waals surface area contributed by atoms with Gasteiger partial charge in [-0.05, 0) is 30.2 Å². The molecule has 25 heavy (non-hydrogen) atoms. The molecule has 1 N–H and O–H groups in total. The van der Waals surface area contributed by atoms with Crippen LogP contribution >= 0.6 is 0 Å². The predicted octanol–water partition coefficient (Wildman–Crippen LogP) is 1.86. The molecule has 6 nitrogen and oxygen atoms in total. The van der Waals surface area contributed by atoms with E-state index in [9.17, 15) is 9.59 Å². The zero-order valence-corrected chi connectivity index (χ0v) is 14.6. The Balaban J connectivity index is 1.55. The van der Waals surface area contributed by atoms with Gasteiger partial charge in [0.25, 0.3) is 5.91 Å². The average molecular weight is 341 g/mol. The number of nitrogens with one attached hydrogen (secondary N) is 1. The van der Waals surface area contributed by atoms with E-state index in [0.717, 1.165) is 16.9 Å². The molecule has 132 valence electrons. The van der Waals surface area contributed by atoms with Gasteiger partial charge in [-0.15, -0.1) is 0 Å². The van der Waals surface area contributed by atoms with Gasteiger partial charge in [0.2, 0.25) is 5.91 Å². The number of methoxy groups -OCH3 is 1. The highest BCUT2D eigenvalue weighted by Gasteiger charge is 2.25. The van der Waals surface area contributed by atoms with E-state index in [-0.39, 0.29) is 11.8 Å². The highest BCUT2D eigenvalue weighted by atomic mass is 16.5. The number of aromatic amines is 1. The Morgan fingerprint density at radius 2 is 1.84 bits per heavy atom. The summed E-state index contributed by atoms with van der Waals surface area (Å²) < 4.78 is 5.25. The molecule has 0 saturated carbocycles. The molecule has 1 fully saturated rings. The van der Waals surface area contributed by atoms with E-state index in [1.807, 2.05) is 30.0 Å². The van der Waals surface area contributed by atoms with Crippen LogP contribution in [0.5, 0.6) is 5.75 Å². The van der Waals surface area contributed by atoms with Crippen LogP contribution in [0.4, 0.5) is 0 Å². The van der Waals surface area contributed by atoms with Gasteiger partial charge in [-0.1, -0.05) is 12.1 Å². The zero-order chi connectivity index (χ0) is 17.8. The van der Waals surface area contributed by atoms with E-state index < -0.39 is 0 Å². The molecule has 1 aromatic carbocycles. The monoisotopic (exact) mass is 341 g/mol. The van der Waals surface area contributed by atoms with Crippen LogP contribution in [0.15, 0.2) is 36.7 Å². The summed E-state index contributed by atoms with van der Waals surface area (Å²) in [6.45, 7) is 4.25. The quantitative estimate of drug-likeness (QED) is 0.923. The van der Waals surface area contributed by atoms with Crippen LogP contribution in [0.2, 0.25) is 0 Å². The smallest absolute Gasteiger partial charge is 0.255 e. The number of carbonyl (C=O) groups excluding carboxylic acids is 2. The number of aryl methyl sites for hydroxylation is 1. The third-order valence-electron chi connectivity index (χ3n) is 4.58. The molecular formula is C19H23N3O3. The second-order valence-corrected chi connectivity index (χ2v) is 6.25. The van der Waals surface area contributed by atoms with Gasteiger partial charge in [-0.25, -0.2) is 0 Å². The van der Waals surface area contributed by atoms with Gasteiger partial charge in [-0.3, -0.25) is 9.59 Å². The molecule has 0 radical (unpaired) electrons. The summed E-state index contributed by atoms with van der Waals surface area (Å²) in [6, 6.07) is 7.58. The third kappa shape index (κ3) is 3.84. The van der Waals surface area contributed by atoms with E-state index in [1.54, 1.807) is 30.5 Å². The van der Waals surface area contributed by atoms with E-state index in [2.05, 4.69) is 4.98 Å². The Morgan fingerprint density at radius 1 is 1.12 bits per heavy atom. The Bertz CT molecular complexity index is 747. The lowest BCUT2D eigenvalue weighted by atomic mass is 10.1. The van der Waals surface area contributed by atoms with Gasteiger partial charge in [-0.2, -0.15) is 0 Å². The number of H-pyrrole nitrogens is 1. The van der Waals surface area contributed by atoms with Gasteiger partial charge >= 0.3 is 0 Å². The maximum absolute atomic E-state index is 12.5. The lowest BCUT2D eigenvalue weighted by Gasteiger charge is -2.34. The van der Waals surface area contributed by atoms with Crippen molar-refractivity contribution in [3.63, 3.8) is 0 Å². The van der Waals surface area contributed by atoms with Crippen molar-refractivity contribution in [2.45, 2.75) is 13.3 Å². The van der Waals surface area contributed by atoms with E-state index in [0.29, 0.717) is 38.2 Å². The average Bonchev–Trinajstić information content (AvgIpc) is 3.16. The molecule has 1 saturated heterocycles. The molecule has 0 atom stereocenters. The van der Waals surface area contributed by atoms with Gasteiger partial charge in [0, 0.05) is 38.6 Å². The highest BCUT2D eigenvalue weighted by molar-refractivity contribution is 5.94. The summed E-state index contributed by atoms with van der Waals surface area (Å²) in [4.78, 5) is 31.4. The molecule has 0 bridgehead atoms. The number of aromatic nitrogens is 1. The third-order valence-corrected chi connectivity index (χ3v) is 4.58. The number of hydrogen-bond acceptors (Lipinski definition) is 3. The van der Waals surface area contributed by atoms with Gasteiger partial charge in [0.1, 0.15) is 5.75 Å². The van der Waals surface area contributed by atoms with Crippen LogP contribution in [0.3, 0.4) is 0 Å². The minimum atomic E-state index is 0.0131. The topological polar surface area (TPSA) is 65.6 Å². The Kier molecular flexibility index (Phi) is 5.07. The number of benzene rings is 1. The molecule has 3 rings (SSSR count). The number of hydrogen-bond donors (Lipinski definition) is 1. The molecule has 0 aliphatic carbocycles. The van der Waals surface area contributed by atoms with Crippen molar-refractivity contribution in [3.05, 3.63) is 53.3 Å². The van der Waals surface area contributed by atoms with Crippen LogP contribution in [0.1, 0.15) is 21.5 Å². The van der Waals surface area contributed by atoms with Crippen LogP contribution in [0, 0.1) is 6.92 Å². The molecule has 1 aliphatic rings. The molecule has 2 heterocycles. The van der Waals surface area contributed by atoms with Gasteiger partial charge < -0.3 is 19.5 Å². The predicted molar refractivity (Wildman–Crippen MR) is 94.7 cm³/mol. The van der Waals surface area contributed by atoms with E-state index in [4.69, 9.17) is 4.74 Å². The van der Waals surface area contributed by atoms with Crippen molar-refractivity contribution < 1.29 is 14.3 Å². The fourth-order valence-corrected chi connectivity index (χ4v) is 3.14. The molecule has 1 aromatic heterocycles. The van der Waals surface area contributed by atoms with Crippen LogP contribution in [0.25, 0.3) is 0 Å². The molecule has 0 unspecified atom stereocenters. The van der Waals surface area contributed by atoms with Crippen molar-refractivity contribution in [2.24, 2.45) is 0 Å². The minimum absolute atomic E-state index is 0.0131. The van der Waals surface area contributed by atoms with Gasteiger partial charge in [0.05, 0.1) is 19.1 Å². The first-order chi connectivity index (χ1) is 12.1. The Morgan fingerprint density at radius 3 is 2.44 bits per heavy atom. The maximum Gasteiger partial charge on any atom is 0.255 e. The first-order valence-corrected chi connectivity index (χ1v) is 8.42.